The van der Waals surface area contributed by atoms with E-state index < -0.39 is 0 Å². The fourth-order valence-electron chi connectivity index (χ4n) is 1.53. The van der Waals surface area contributed by atoms with Crippen molar-refractivity contribution in [1.82, 2.24) is 10.3 Å². The summed E-state index contributed by atoms with van der Waals surface area (Å²) in [7, 11) is 0. The lowest BCUT2D eigenvalue weighted by Crippen LogP contribution is -2.37. The van der Waals surface area contributed by atoms with Crippen molar-refractivity contribution in [2.24, 2.45) is 0 Å². The molecule has 0 spiro atoms. The number of pyridine rings is 1. The van der Waals surface area contributed by atoms with Crippen LogP contribution in [0.15, 0.2) is 18.2 Å². The van der Waals surface area contributed by atoms with Crippen molar-refractivity contribution in [3.63, 3.8) is 0 Å². The van der Waals surface area contributed by atoms with Crippen LogP contribution in [0, 0.1) is 6.92 Å². The highest BCUT2D eigenvalue weighted by atomic mass is 32.2. The largest absolute Gasteiger partial charge is 0.395 e. The second-order valence-corrected chi connectivity index (χ2v) is 4.97. The fraction of sp³-hybridized carbons (Fsp3) is 0.583. The van der Waals surface area contributed by atoms with Crippen molar-refractivity contribution in [2.75, 3.05) is 12.9 Å². The Bertz CT molecular complexity index is 316. The molecule has 1 heterocycles. The standard InChI is InChI=1S/C12H20N2OS/c1-9-5-4-6-11(14-9)7-13-10(2)12(8-15)16-3/h4-6,10,12-13,15H,7-8H2,1-3H3. The summed E-state index contributed by atoms with van der Waals surface area (Å²) in [6.45, 7) is 5.04. The van der Waals surface area contributed by atoms with Crippen LogP contribution >= 0.6 is 11.8 Å². The van der Waals surface area contributed by atoms with E-state index in [1.54, 1.807) is 11.8 Å². The van der Waals surface area contributed by atoms with E-state index in [0.717, 1.165) is 17.9 Å². The number of nitrogens with one attached hydrogen (secondary N) is 1. The number of aromatic nitrogens is 1. The van der Waals surface area contributed by atoms with Crippen molar-refractivity contribution >= 4 is 11.8 Å². The Hall–Kier alpha value is -0.580. The van der Waals surface area contributed by atoms with Gasteiger partial charge in [-0.3, -0.25) is 4.98 Å². The zero-order valence-electron chi connectivity index (χ0n) is 10.1. The zero-order chi connectivity index (χ0) is 12.0. The lowest BCUT2D eigenvalue weighted by atomic mass is 10.2. The summed E-state index contributed by atoms with van der Waals surface area (Å²) >= 11 is 1.68. The van der Waals surface area contributed by atoms with Gasteiger partial charge in [-0.1, -0.05) is 6.07 Å². The molecule has 0 bridgehead atoms. The van der Waals surface area contributed by atoms with Crippen LogP contribution in [-0.4, -0.2) is 34.2 Å². The minimum atomic E-state index is 0.205. The Morgan fingerprint density at radius 3 is 2.81 bits per heavy atom. The molecule has 0 aliphatic heterocycles. The number of aliphatic hydroxyl groups is 1. The van der Waals surface area contributed by atoms with E-state index in [0.29, 0.717) is 0 Å². The van der Waals surface area contributed by atoms with Crippen molar-refractivity contribution < 1.29 is 5.11 Å². The Kier molecular flexibility index (Phi) is 5.80. The molecular formula is C12H20N2OS. The number of nitrogens with zero attached hydrogens (tertiary/aromatic N) is 1. The Morgan fingerprint density at radius 1 is 1.50 bits per heavy atom. The van der Waals surface area contributed by atoms with Crippen molar-refractivity contribution in [3.05, 3.63) is 29.6 Å². The molecule has 0 saturated carbocycles. The van der Waals surface area contributed by atoms with Gasteiger partial charge in [0.2, 0.25) is 0 Å². The van der Waals surface area contributed by atoms with Crippen LogP contribution in [0.4, 0.5) is 0 Å². The van der Waals surface area contributed by atoms with Crippen LogP contribution in [0.3, 0.4) is 0 Å². The zero-order valence-corrected chi connectivity index (χ0v) is 10.9. The summed E-state index contributed by atoms with van der Waals surface area (Å²) in [4.78, 5) is 4.42. The summed E-state index contributed by atoms with van der Waals surface area (Å²) in [5.74, 6) is 0. The average molecular weight is 240 g/mol. The van der Waals surface area contributed by atoms with Crippen molar-refractivity contribution in [1.29, 1.82) is 0 Å². The molecule has 0 saturated heterocycles. The molecule has 1 rings (SSSR count). The predicted molar refractivity (Wildman–Crippen MR) is 69.7 cm³/mol. The van der Waals surface area contributed by atoms with Gasteiger partial charge in [0, 0.05) is 23.5 Å². The lowest BCUT2D eigenvalue weighted by molar-refractivity contribution is 0.275. The first kappa shape index (κ1) is 13.5. The monoisotopic (exact) mass is 240 g/mol. The average Bonchev–Trinajstić information content (AvgIpc) is 2.28. The molecule has 2 N–H and O–H groups in total. The molecule has 0 radical (unpaired) electrons. The van der Waals surface area contributed by atoms with Crippen LogP contribution < -0.4 is 5.32 Å². The number of hydrogen-bond acceptors (Lipinski definition) is 4. The van der Waals surface area contributed by atoms with Crippen LogP contribution in [-0.2, 0) is 6.54 Å². The quantitative estimate of drug-likeness (QED) is 0.792. The minimum absolute atomic E-state index is 0.205. The first-order valence-corrected chi connectivity index (χ1v) is 6.75. The maximum atomic E-state index is 9.16. The van der Waals surface area contributed by atoms with Gasteiger partial charge in [-0.25, -0.2) is 0 Å². The molecule has 16 heavy (non-hydrogen) atoms. The fourth-order valence-corrected chi connectivity index (χ4v) is 2.19. The molecule has 1 aromatic rings. The molecule has 0 amide bonds. The van der Waals surface area contributed by atoms with Crippen molar-refractivity contribution in [2.45, 2.75) is 31.7 Å². The maximum absolute atomic E-state index is 9.16. The first-order valence-electron chi connectivity index (χ1n) is 5.47. The molecule has 4 heteroatoms. The predicted octanol–water partition coefficient (Wildman–Crippen LogP) is 1.59. The van der Waals surface area contributed by atoms with Gasteiger partial charge in [-0.15, -0.1) is 0 Å². The van der Waals surface area contributed by atoms with Gasteiger partial charge in [-0.05, 0) is 32.2 Å². The molecule has 0 aliphatic carbocycles. The van der Waals surface area contributed by atoms with Gasteiger partial charge in [0.05, 0.1) is 12.3 Å². The topological polar surface area (TPSA) is 45.1 Å². The molecule has 2 unspecified atom stereocenters. The number of aryl methyl sites for hydroxylation is 1. The second kappa shape index (κ2) is 6.89. The van der Waals surface area contributed by atoms with Gasteiger partial charge in [0.25, 0.3) is 0 Å². The lowest BCUT2D eigenvalue weighted by Gasteiger charge is -2.21. The maximum Gasteiger partial charge on any atom is 0.0564 e. The SMILES string of the molecule is CSC(CO)C(C)NCc1cccc(C)n1. The highest BCUT2D eigenvalue weighted by Gasteiger charge is 2.14. The number of thioether (sulfide) groups is 1. The van der Waals surface area contributed by atoms with E-state index in [1.807, 2.05) is 31.4 Å². The summed E-state index contributed by atoms with van der Waals surface area (Å²) < 4.78 is 0. The van der Waals surface area contributed by atoms with Gasteiger partial charge >= 0.3 is 0 Å². The third-order valence-corrected chi connectivity index (χ3v) is 3.75. The molecule has 1 aromatic heterocycles. The van der Waals surface area contributed by atoms with Crippen LogP contribution in [0.5, 0.6) is 0 Å². The summed E-state index contributed by atoms with van der Waals surface area (Å²) in [5, 5.41) is 12.8. The van der Waals surface area contributed by atoms with Gasteiger partial charge < -0.3 is 10.4 Å². The van der Waals surface area contributed by atoms with Crippen LogP contribution in [0.1, 0.15) is 18.3 Å². The molecule has 0 fully saturated rings. The summed E-state index contributed by atoms with van der Waals surface area (Å²) in [6.07, 6.45) is 2.02. The highest BCUT2D eigenvalue weighted by Crippen LogP contribution is 2.10. The van der Waals surface area contributed by atoms with E-state index in [-0.39, 0.29) is 17.9 Å². The number of rotatable bonds is 6. The smallest absolute Gasteiger partial charge is 0.0564 e. The molecule has 90 valence electrons. The molecule has 3 nitrogen and oxygen atoms in total. The minimum Gasteiger partial charge on any atom is -0.395 e. The molecular weight excluding hydrogens is 220 g/mol. The van der Waals surface area contributed by atoms with E-state index in [4.69, 9.17) is 5.11 Å². The van der Waals surface area contributed by atoms with Crippen LogP contribution in [0.2, 0.25) is 0 Å². The Balaban J connectivity index is 2.45. The van der Waals surface area contributed by atoms with Crippen LogP contribution in [0.25, 0.3) is 0 Å². The van der Waals surface area contributed by atoms with Crippen molar-refractivity contribution in [3.8, 4) is 0 Å². The van der Waals surface area contributed by atoms with E-state index >= 15 is 0 Å². The molecule has 2 atom stereocenters. The first-order chi connectivity index (χ1) is 7.67. The van der Waals surface area contributed by atoms with Gasteiger partial charge in [0.15, 0.2) is 0 Å². The third-order valence-electron chi connectivity index (χ3n) is 2.59. The molecule has 0 aliphatic rings. The normalized spacial score (nSPS) is 14.8. The van der Waals surface area contributed by atoms with E-state index in [2.05, 4.69) is 17.2 Å². The van der Waals surface area contributed by atoms with E-state index in [1.165, 1.54) is 0 Å². The number of hydrogen-bond donors (Lipinski definition) is 2. The third kappa shape index (κ3) is 4.12. The highest BCUT2D eigenvalue weighted by molar-refractivity contribution is 7.99. The second-order valence-electron chi connectivity index (χ2n) is 3.90. The Morgan fingerprint density at radius 2 is 2.25 bits per heavy atom. The van der Waals surface area contributed by atoms with Gasteiger partial charge in [0.1, 0.15) is 0 Å². The summed E-state index contributed by atoms with van der Waals surface area (Å²) in [5.41, 5.74) is 2.08. The Labute approximate surface area is 102 Å². The summed E-state index contributed by atoms with van der Waals surface area (Å²) in [6, 6.07) is 6.30. The van der Waals surface area contributed by atoms with E-state index in [9.17, 15) is 0 Å². The molecule has 0 aromatic carbocycles. The van der Waals surface area contributed by atoms with Gasteiger partial charge in [-0.2, -0.15) is 11.8 Å². The number of aliphatic hydroxyl groups excluding tert-OH is 1.